The van der Waals surface area contributed by atoms with Crippen molar-refractivity contribution in [3.63, 3.8) is 0 Å². The third-order valence-corrected chi connectivity index (χ3v) is 3.12. The lowest BCUT2D eigenvalue weighted by Crippen LogP contribution is -2.10. The zero-order valence-corrected chi connectivity index (χ0v) is 11.6. The number of carbonyl (C=O) groups is 1. The fourth-order valence-electron chi connectivity index (χ4n) is 1.73. The molecule has 0 spiro atoms. The lowest BCUT2D eigenvalue weighted by atomic mass is 10.0. The summed E-state index contributed by atoms with van der Waals surface area (Å²) in [5.41, 5.74) is 1.02. The van der Waals surface area contributed by atoms with Gasteiger partial charge in [0.15, 0.2) is 17.4 Å². The highest BCUT2D eigenvalue weighted by atomic mass is 35.5. The molecule has 2 aromatic heterocycles. The number of ketones is 1. The molecule has 0 radical (unpaired) electrons. The molecule has 2 rings (SSSR count). The molecule has 0 atom stereocenters. The van der Waals surface area contributed by atoms with E-state index in [1.807, 2.05) is 0 Å². The molecule has 0 fully saturated rings. The molecule has 0 aliphatic rings. The van der Waals surface area contributed by atoms with Gasteiger partial charge in [0.1, 0.15) is 0 Å². The third kappa shape index (κ3) is 2.38. The number of hydrogen-bond acceptors (Lipinski definition) is 3. The van der Waals surface area contributed by atoms with Crippen LogP contribution in [0.4, 0.5) is 4.39 Å². The predicted molar refractivity (Wildman–Crippen MR) is 70.2 cm³/mol. The van der Waals surface area contributed by atoms with Gasteiger partial charge >= 0.3 is 0 Å². The fourth-order valence-corrected chi connectivity index (χ4v) is 1.87. The van der Waals surface area contributed by atoms with Crippen molar-refractivity contribution in [2.45, 2.75) is 20.8 Å². The maximum Gasteiger partial charge on any atom is 0.191 e. The molecule has 2 aromatic rings. The van der Waals surface area contributed by atoms with Crippen LogP contribution in [-0.4, -0.2) is 20.5 Å². The monoisotopic (exact) mass is 281 g/mol. The van der Waals surface area contributed by atoms with E-state index in [-0.39, 0.29) is 22.5 Å². The van der Waals surface area contributed by atoms with Gasteiger partial charge in [-0.3, -0.25) is 4.79 Å². The van der Waals surface area contributed by atoms with Gasteiger partial charge in [-0.05, 0) is 13.0 Å². The van der Waals surface area contributed by atoms with Crippen LogP contribution < -0.4 is 0 Å². The van der Waals surface area contributed by atoms with Crippen molar-refractivity contribution in [3.05, 3.63) is 40.6 Å². The Morgan fingerprint density at radius 2 is 2.16 bits per heavy atom. The molecular formula is C13H13ClFN3O. The molecule has 0 aliphatic carbocycles. The van der Waals surface area contributed by atoms with Gasteiger partial charge in [0.2, 0.25) is 0 Å². The molecule has 19 heavy (non-hydrogen) atoms. The van der Waals surface area contributed by atoms with Crippen LogP contribution >= 0.6 is 11.6 Å². The topological polar surface area (TPSA) is 47.8 Å². The average molecular weight is 282 g/mol. The molecule has 0 amide bonds. The SMILES string of the molecule is Cc1c(C(=O)C(C)C)cnn1-c1nccc(Cl)c1F. The van der Waals surface area contributed by atoms with Crippen LogP contribution in [0, 0.1) is 18.7 Å². The quantitative estimate of drug-likeness (QED) is 0.812. The Morgan fingerprint density at radius 1 is 1.47 bits per heavy atom. The van der Waals surface area contributed by atoms with Crippen LogP contribution in [0.25, 0.3) is 5.82 Å². The van der Waals surface area contributed by atoms with Crippen molar-refractivity contribution in [1.82, 2.24) is 14.8 Å². The fraction of sp³-hybridized carbons (Fsp3) is 0.308. The first-order valence-electron chi connectivity index (χ1n) is 5.82. The van der Waals surface area contributed by atoms with E-state index in [4.69, 9.17) is 11.6 Å². The summed E-state index contributed by atoms with van der Waals surface area (Å²) in [7, 11) is 0. The van der Waals surface area contributed by atoms with Crippen molar-refractivity contribution in [2.75, 3.05) is 0 Å². The van der Waals surface area contributed by atoms with Crippen molar-refractivity contribution < 1.29 is 9.18 Å². The number of hydrogen-bond donors (Lipinski definition) is 0. The Hall–Kier alpha value is -1.75. The molecule has 6 heteroatoms. The molecule has 0 saturated carbocycles. The van der Waals surface area contributed by atoms with E-state index in [0.29, 0.717) is 11.3 Å². The van der Waals surface area contributed by atoms with Crippen molar-refractivity contribution in [2.24, 2.45) is 5.92 Å². The predicted octanol–water partition coefficient (Wildman–Crippen LogP) is 3.21. The number of aromatic nitrogens is 3. The lowest BCUT2D eigenvalue weighted by molar-refractivity contribution is 0.0938. The average Bonchev–Trinajstić information content (AvgIpc) is 2.73. The van der Waals surface area contributed by atoms with Crippen LogP contribution in [0.15, 0.2) is 18.5 Å². The van der Waals surface area contributed by atoms with Crippen molar-refractivity contribution >= 4 is 17.4 Å². The van der Waals surface area contributed by atoms with E-state index < -0.39 is 5.82 Å². The number of halogens is 2. The van der Waals surface area contributed by atoms with Crippen LogP contribution in [0.2, 0.25) is 5.02 Å². The van der Waals surface area contributed by atoms with Gasteiger partial charge < -0.3 is 0 Å². The molecule has 0 bridgehead atoms. The number of pyridine rings is 1. The molecular weight excluding hydrogens is 269 g/mol. The highest BCUT2D eigenvalue weighted by Gasteiger charge is 2.20. The van der Waals surface area contributed by atoms with Crippen LogP contribution in [0.3, 0.4) is 0 Å². The summed E-state index contributed by atoms with van der Waals surface area (Å²) in [6, 6.07) is 1.36. The summed E-state index contributed by atoms with van der Waals surface area (Å²) in [5.74, 6) is -0.841. The molecule has 0 aliphatic heterocycles. The minimum Gasteiger partial charge on any atom is -0.294 e. The molecule has 0 aromatic carbocycles. The molecule has 0 saturated heterocycles. The van der Waals surface area contributed by atoms with Gasteiger partial charge in [0, 0.05) is 12.1 Å². The number of Topliss-reactive ketones (excluding diaryl/α,β-unsaturated/α-hetero) is 1. The summed E-state index contributed by atoms with van der Waals surface area (Å²) >= 11 is 5.71. The first-order valence-corrected chi connectivity index (χ1v) is 6.20. The summed E-state index contributed by atoms with van der Waals surface area (Å²) in [6.45, 7) is 5.30. The van der Waals surface area contributed by atoms with E-state index in [1.54, 1.807) is 20.8 Å². The number of rotatable bonds is 3. The van der Waals surface area contributed by atoms with Crippen LogP contribution in [0.1, 0.15) is 29.9 Å². The summed E-state index contributed by atoms with van der Waals surface area (Å²) < 4.78 is 15.2. The lowest BCUT2D eigenvalue weighted by Gasteiger charge is -2.07. The second kappa shape index (κ2) is 5.09. The van der Waals surface area contributed by atoms with Gasteiger partial charge in [-0.15, -0.1) is 0 Å². The Kier molecular flexibility index (Phi) is 3.66. The maximum absolute atomic E-state index is 13.9. The first kappa shape index (κ1) is 13.7. The number of nitrogens with zero attached hydrogens (tertiary/aromatic N) is 3. The van der Waals surface area contributed by atoms with E-state index in [0.717, 1.165) is 0 Å². The van der Waals surface area contributed by atoms with Crippen LogP contribution in [0.5, 0.6) is 0 Å². The van der Waals surface area contributed by atoms with Gasteiger partial charge in [0.05, 0.1) is 22.5 Å². The van der Waals surface area contributed by atoms with E-state index in [9.17, 15) is 9.18 Å². The Labute approximate surface area is 115 Å². The smallest absolute Gasteiger partial charge is 0.191 e. The van der Waals surface area contributed by atoms with Gasteiger partial charge in [-0.2, -0.15) is 5.10 Å². The standard InChI is InChI=1S/C13H13ClFN3O/c1-7(2)12(19)9-6-17-18(8(9)3)13-11(15)10(14)4-5-16-13/h4-7H,1-3H3. The Balaban J connectivity index is 2.54. The first-order chi connectivity index (χ1) is 8.93. The second-order valence-corrected chi connectivity index (χ2v) is 4.91. The highest BCUT2D eigenvalue weighted by molar-refractivity contribution is 6.30. The zero-order valence-electron chi connectivity index (χ0n) is 10.8. The van der Waals surface area contributed by atoms with Gasteiger partial charge in [-0.1, -0.05) is 25.4 Å². The highest BCUT2D eigenvalue weighted by Crippen LogP contribution is 2.21. The van der Waals surface area contributed by atoms with Crippen LogP contribution in [-0.2, 0) is 0 Å². The minimum atomic E-state index is -0.654. The zero-order chi connectivity index (χ0) is 14.2. The van der Waals surface area contributed by atoms with E-state index >= 15 is 0 Å². The Morgan fingerprint density at radius 3 is 2.79 bits per heavy atom. The summed E-state index contributed by atoms with van der Waals surface area (Å²) in [6.07, 6.45) is 2.82. The third-order valence-electron chi connectivity index (χ3n) is 2.82. The summed E-state index contributed by atoms with van der Waals surface area (Å²) in [5, 5.41) is 4.00. The molecule has 0 unspecified atom stereocenters. The van der Waals surface area contributed by atoms with E-state index in [1.165, 1.54) is 23.1 Å². The van der Waals surface area contributed by atoms with Crippen molar-refractivity contribution in [1.29, 1.82) is 0 Å². The molecule has 4 nitrogen and oxygen atoms in total. The normalized spacial score (nSPS) is 11.1. The molecule has 0 N–H and O–H groups in total. The van der Waals surface area contributed by atoms with Gasteiger partial charge in [0.25, 0.3) is 0 Å². The molecule has 2 heterocycles. The maximum atomic E-state index is 13.9. The summed E-state index contributed by atoms with van der Waals surface area (Å²) in [4.78, 5) is 15.9. The number of carbonyl (C=O) groups excluding carboxylic acids is 1. The van der Waals surface area contributed by atoms with Gasteiger partial charge in [-0.25, -0.2) is 14.1 Å². The van der Waals surface area contributed by atoms with E-state index in [2.05, 4.69) is 10.1 Å². The second-order valence-electron chi connectivity index (χ2n) is 4.50. The minimum absolute atomic E-state index is 0.00666. The Bertz CT molecular complexity index is 637. The largest absolute Gasteiger partial charge is 0.294 e. The molecule has 100 valence electrons. The van der Waals surface area contributed by atoms with Crippen molar-refractivity contribution in [3.8, 4) is 5.82 Å².